The standard InChI is InChI=1S/C56H86N6O10S2/c1-40(2)35-46(53(66)60-45(52(57)65)36-43-21-11-5-12-22-43)61-54(67)48(58-50(63)27-15-25-41-17-7-3-8-18-41)38-73-33-31-71-29-30-72-32-34-74-39-49(59-51(64)28-16-26-42-19-9-4-10-20-42)55(68)62-47(56(69)70)37-44-23-13-6-14-24-44/h5-6,11-14,21-24,40-42,45-49H,3-4,7-10,15-20,25-39H2,1-2H3,(H2,57,65)(H,58,63)(H,59,64)(H,60,66)(H,61,67)(H,62,68)(H,69,70)/t45-,46-,47-,48-,49-/m0/s1. The van der Waals surface area contributed by atoms with Crippen LogP contribution < -0.4 is 32.3 Å². The predicted octanol–water partition coefficient (Wildman–Crippen LogP) is 6.51. The van der Waals surface area contributed by atoms with Gasteiger partial charge < -0.3 is 46.9 Å². The third kappa shape index (κ3) is 26.2. The Morgan fingerprint density at radius 1 is 0.554 bits per heavy atom. The fourth-order valence-corrected chi connectivity index (χ4v) is 11.3. The summed E-state index contributed by atoms with van der Waals surface area (Å²) in [6, 6.07) is 13.4. The molecule has 2 aromatic rings. The summed E-state index contributed by atoms with van der Waals surface area (Å²) in [4.78, 5) is 92.0. The number of thioether (sulfide) groups is 2. The number of hydrogen-bond donors (Lipinski definition) is 7. The average Bonchev–Trinajstić information content (AvgIpc) is 3.38. The fourth-order valence-electron chi connectivity index (χ4n) is 9.56. The zero-order valence-corrected chi connectivity index (χ0v) is 45.6. The average molecular weight is 1070 g/mol. The Morgan fingerprint density at radius 2 is 0.959 bits per heavy atom. The molecule has 0 bridgehead atoms. The van der Waals surface area contributed by atoms with Crippen LogP contribution in [0.25, 0.3) is 0 Å². The molecule has 16 nitrogen and oxygen atoms in total. The van der Waals surface area contributed by atoms with Crippen LogP contribution in [0.5, 0.6) is 0 Å². The number of rotatable bonds is 37. The van der Waals surface area contributed by atoms with Gasteiger partial charge in [0, 0.05) is 48.7 Å². The highest BCUT2D eigenvalue weighted by Gasteiger charge is 2.31. The molecule has 412 valence electrons. The quantitative estimate of drug-likeness (QED) is 0.0358. The van der Waals surface area contributed by atoms with Gasteiger partial charge in [-0.3, -0.25) is 28.8 Å². The van der Waals surface area contributed by atoms with Gasteiger partial charge in [0.25, 0.3) is 0 Å². The van der Waals surface area contributed by atoms with Crippen LogP contribution in [-0.4, -0.2) is 126 Å². The van der Waals surface area contributed by atoms with Crippen molar-refractivity contribution in [2.24, 2.45) is 23.5 Å². The number of hydrogen-bond acceptors (Lipinski definition) is 11. The van der Waals surface area contributed by atoms with E-state index in [4.69, 9.17) is 15.2 Å². The summed E-state index contributed by atoms with van der Waals surface area (Å²) in [7, 11) is 0. The molecule has 4 rings (SSSR count). The van der Waals surface area contributed by atoms with E-state index < -0.39 is 59.8 Å². The third-order valence-corrected chi connectivity index (χ3v) is 15.7. The molecule has 18 heteroatoms. The molecule has 2 fully saturated rings. The summed E-state index contributed by atoms with van der Waals surface area (Å²) in [5.74, 6) is -1.01. The highest BCUT2D eigenvalue weighted by Crippen LogP contribution is 2.29. The van der Waals surface area contributed by atoms with Gasteiger partial charge >= 0.3 is 5.97 Å². The van der Waals surface area contributed by atoms with Crippen LogP contribution in [0.2, 0.25) is 0 Å². The summed E-state index contributed by atoms with van der Waals surface area (Å²) in [5.41, 5.74) is 7.30. The van der Waals surface area contributed by atoms with Gasteiger partial charge in [-0.25, -0.2) is 4.79 Å². The maximum atomic E-state index is 13.9. The Labute approximate surface area is 448 Å². The second-order valence-electron chi connectivity index (χ2n) is 20.3. The minimum absolute atomic E-state index is 0.0231. The molecule has 2 aliphatic rings. The molecule has 0 unspecified atom stereocenters. The smallest absolute Gasteiger partial charge is 0.326 e. The lowest BCUT2D eigenvalue weighted by molar-refractivity contribution is -0.142. The first-order valence-electron chi connectivity index (χ1n) is 27.2. The van der Waals surface area contributed by atoms with Crippen molar-refractivity contribution >= 4 is 64.9 Å². The van der Waals surface area contributed by atoms with Crippen LogP contribution in [0.1, 0.15) is 134 Å². The number of benzene rings is 2. The molecule has 0 aromatic heterocycles. The molecule has 2 aliphatic carbocycles. The van der Waals surface area contributed by atoms with Crippen molar-refractivity contribution < 1.29 is 48.1 Å². The van der Waals surface area contributed by atoms with Gasteiger partial charge in [0.2, 0.25) is 35.4 Å². The zero-order chi connectivity index (χ0) is 53.3. The van der Waals surface area contributed by atoms with Gasteiger partial charge in [-0.2, -0.15) is 23.5 Å². The molecule has 74 heavy (non-hydrogen) atoms. The number of nitrogens with two attached hydrogens (primary N) is 1. The Hall–Kier alpha value is -4.65. The summed E-state index contributed by atoms with van der Waals surface area (Å²) in [5, 5.41) is 24.0. The normalized spacial score (nSPS) is 16.3. The van der Waals surface area contributed by atoms with Gasteiger partial charge in [0.05, 0.1) is 26.4 Å². The second kappa shape index (κ2) is 36.4. The van der Waals surface area contributed by atoms with Crippen molar-refractivity contribution in [1.82, 2.24) is 26.6 Å². The van der Waals surface area contributed by atoms with Crippen molar-refractivity contribution in [1.29, 1.82) is 0 Å². The lowest BCUT2D eigenvalue weighted by Gasteiger charge is -2.26. The van der Waals surface area contributed by atoms with E-state index >= 15 is 0 Å². The van der Waals surface area contributed by atoms with Gasteiger partial charge in [0.15, 0.2) is 0 Å². The van der Waals surface area contributed by atoms with E-state index in [1.165, 1.54) is 87.7 Å². The minimum Gasteiger partial charge on any atom is -0.480 e. The first-order chi connectivity index (χ1) is 35.8. The van der Waals surface area contributed by atoms with Crippen molar-refractivity contribution in [2.45, 2.75) is 166 Å². The Kier molecular flexibility index (Phi) is 30.4. The van der Waals surface area contributed by atoms with E-state index in [0.29, 0.717) is 69.0 Å². The summed E-state index contributed by atoms with van der Waals surface area (Å²) >= 11 is 2.87. The number of nitrogens with one attached hydrogen (secondary N) is 5. The number of aliphatic carboxylic acids is 1. The van der Waals surface area contributed by atoms with Crippen molar-refractivity contribution in [3.63, 3.8) is 0 Å². The monoisotopic (exact) mass is 1070 g/mol. The van der Waals surface area contributed by atoms with Gasteiger partial charge in [-0.05, 0) is 61.0 Å². The Bertz CT molecular complexity index is 1970. The maximum absolute atomic E-state index is 13.9. The highest BCUT2D eigenvalue weighted by atomic mass is 32.2. The Morgan fingerprint density at radius 3 is 1.38 bits per heavy atom. The molecule has 2 aromatic carbocycles. The zero-order valence-electron chi connectivity index (χ0n) is 44.0. The van der Waals surface area contributed by atoms with E-state index in [-0.39, 0.29) is 42.1 Å². The first kappa shape index (κ1) is 61.9. The minimum atomic E-state index is -1.16. The molecule has 0 spiro atoms. The van der Waals surface area contributed by atoms with Crippen LogP contribution in [0.3, 0.4) is 0 Å². The molecular weight excluding hydrogens is 981 g/mol. The number of carbonyl (C=O) groups is 7. The van der Waals surface area contributed by atoms with E-state index in [1.807, 2.05) is 74.5 Å². The molecule has 6 amide bonds. The van der Waals surface area contributed by atoms with Crippen molar-refractivity contribution in [2.75, 3.05) is 49.4 Å². The Balaban J connectivity index is 1.22. The number of carboxylic acid groups (broad SMARTS) is 1. The van der Waals surface area contributed by atoms with Crippen LogP contribution in [0.15, 0.2) is 60.7 Å². The van der Waals surface area contributed by atoms with E-state index in [9.17, 15) is 38.7 Å². The molecular formula is C56H86N6O10S2. The summed E-state index contributed by atoms with van der Waals surface area (Å²) in [6.07, 6.45) is 16.9. The van der Waals surface area contributed by atoms with Crippen LogP contribution in [-0.2, 0) is 55.9 Å². The number of primary amides is 1. The predicted molar refractivity (Wildman–Crippen MR) is 293 cm³/mol. The molecule has 0 aliphatic heterocycles. The molecule has 0 heterocycles. The third-order valence-electron chi connectivity index (χ3n) is 13.7. The highest BCUT2D eigenvalue weighted by molar-refractivity contribution is 7.99. The van der Waals surface area contributed by atoms with E-state index in [0.717, 1.165) is 36.8 Å². The van der Waals surface area contributed by atoms with Crippen LogP contribution in [0.4, 0.5) is 0 Å². The second-order valence-corrected chi connectivity index (χ2v) is 22.6. The SMILES string of the molecule is CC(C)C[C@H](NC(=O)[C@H](CSCCOCCOCCSC[C@H](NC(=O)CCCC1CCCCC1)C(=O)N[C@@H](Cc1ccccc1)C(=O)O)NC(=O)CCCC1CCCCC1)C(=O)N[C@@H](Cc1ccccc1)C(N)=O. The lowest BCUT2D eigenvalue weighted by atomic mass is 9.86. The first-order valence-corrected chi connectivity index (χ1v) is 29.5. The largest absolute Gasteiger partial charge is 0.480 e. The van der Waals surface area contributed by atoms with E-state index in [2.05, 4.69) is 26.6 Å². The van der Waals surface area contributed by atoms with Crippen molar-refractivity contribution in [3.8, 4) is 0 Å². The molecule has 0 radical (unpaired) electrons. The molecule has 0 saturated heterocycles. The topological polar surface area (TPSA) is 244 Å². The molecule has 2 saturated carbocycles. The molecule has 8 N–H and O–H groups in total. The summed E-state index contributed by atoms with van der Waals surface area (Å²) in [6.45, 7) is 5.22. The lowest BCUT2D eigenvalue weighted by Crippen LogP contribution is -2.57. The van der Waals surface area contributed by atoms with Crippen LogP contribution in [0, 0.1) is 17.8 Å². The maximum Gasteiger partial charge on any atom is 0.326 e. The molecule has 5 atom stereocenters. The van der Waals surface area contributed by atoms with Crippen LogP contribution >= 0.6 is 23.5 Å². The van der Waals surface area contributed by atoms with E-state index in [1.54, 1.807) is 0 Å². The number of amides is 6. The van der Waals surface area contributed by atoms with Crippen molar-refractivity contribution in [3.05, 3.63) is 71.8 Å². The van der Waals surface area contributed by atoms with Gasteiger partial charge in [-0.15, -0.1) is 0 Å². The number of carboxylic acids is 1. The van der Waals surface area contributed by atoms with Gasteiger partial charge in [0.1, 0.15) is 30.2 Å². The van der Waals surface area contributed by atoms with Gasteiger partial charge in [-0.1, -0.05) is 139 Å². The number of carbonyl (C=O) groups excluding carboxylic acids is 6. The fraction of sp³-hybridized carbons (Fsp3) is 0.661. The number of ether oxygens (including phenoxy) is 2. The summed E-state index contributed by atoms with van der Waals surface area (Å²) < 4.78 is 11.6.